The van der Waals surface area contributed by atoms with Gasteiger partial charge < -0.3 is 25.4 Å². The van der Waals surface area contributed by atoms with Crippen molar-refractivity contribution >= 4 is 40.7 Å². The molecule has 3 saturated heterocycles. The number of para-hydroxylation sites is 2. The van der Waals surface area contributed by atoms with E-state index in [1.165, 1.54) is 4.90 Å². The molecule has 3 N–H and O–H groups in total. The predicted molar refractivity (Wildman–Crippen MR) is 145 cm³/mol. The Hall–Kier alpha value is -2.94. The van der Waals surface area contributed by atoms with Gasteiger partial charge in [-0.2, -0.15) is 0 Å². The summed E-state index contributed by atoms with van der Waals surface area (Å²) in [6, 6.07) is 12.8. The Balaban J connectivity index is 1.53. The van der Waals surface area contributed by atoms with Gasteiger partial charge in [0.05, 0.1) is 41.3 Å². The van der Waals surface area contributed by atoms with E-state index in [0.29, 0.717) is 35.7 Å². The Labute approximate surface area is 227 Å². The van der Waals surface area contributed by atoms with E-state index in [2.05, 4.69) is 10.6 Å². The fourth-order valence-electron chi connectivity index (χ4n) is 6.63. The molecule has 2 aromatic rings. The van der Waals surface area contributed by atoms with Crippen LogP contribution in [0, 0.1) is 24.7 Å². The van der Waals surface area contributed by atoms with E-state index in [1.807, 2.05) is 45.0 Å². The lowest BCUT2D eigenvalue weighted by molar-refractivity contribution is -0.143. The van der Waals surface area contributed by atoms with Gasteiger partial charge in [0.15, 0.2) is 0 Å². The molecule has 5 rings (SSSR count). The first-order chi connectivity index (χ1) is 18.2. The molecule has 6 atom stereocenters. The van der Waals surface area contributed by atoms with Crippen molar-refractivity contribution in [1.29, 1.82) is 0 Å². The number of hydrogen-bond donors (Lipinski definition) is 3. The number of nitrogens with one attached hydrogen (secondary N) is 2. The van der Waals surface area contributed by atoms with E-state index in [-0.39, 0.29) is 24.3 Å². The Bertz CT molecular complexity index is 1220. The number of aliphatic hydroxyl groups excluding tert-OH is 1. The molecule has 2 bridgehead atoms. The fraction of sp³-hybridized carbons (Fsp3) is 0.483. The van der Waals surface area contributed by atoms with Crippen LogP contribution in [0.2, 0.25) is 5.02 Å². The Morgan fingerprint density at radius 3 is 2.53 bits per heavy atom. The van der Waals surface area contributed by atoms with E-state index >= 15 is 0 Å². The number of hydrogen-bond acceptors (Lipinski definition) is 5. The fourth-order valence-corrected chi connectivity index (χ4v) is 6.90. The number of aryl methyl sites for hydroxylation is 1. The zero-order valence-corrected chi connectivity index (χ0v) is 22.6. The number of carbonyl (C=O) groups is 3. The first kappa shape index (κ1) is 26.7. The largest absolute Gasteiger partial charge is 0.394 e. The molecule has 8 nitrogen and oxygen atoms in total. The predicted octanol–water partition coefficient (Wildman–Crippen LogP) is 4.01. The van der Waals surface area contributed by atoms with Gasteiger partial charge >= 0.3 is 0 Å². The van der Waals surface area contributed by atoms with Crippen LogP contribution in [0.5, 0.6) is 0 Å². The smallest absolute Gasteiger partial charge is 0.250 e. The number of carbonyl (C=O) groups excluding carboxylic acids is 3. The van der Waals surface area contributed by atoms with Crippen LogP contribution in [-0.4, -0.2) is 58.1 Å². The third-order valence-electron chi connectivity index (χ3n) is 8.15. The zero-order valence-electron chi connectivity index (χ0n) is 21.8. The molecular formula is C29H34ClN3O5. The molecule has 0 radical (unpaired) electrons. The summed E-state index contributed by atoms with van der Waals surface area (Å²) in [4.78, 5) is 43.3. The lowest BCUT2D eigenvalue weighted by atomic mass is 9.70. The van der Waals surface area contributed by atoms with Gasteiger partial charge in [-0.15, -0.1) is 0 Å². The summed E-state index contributed by atoms with van der Waals surface area (Å²) in [5, 5.41) is 16.6. The molecule has 9 heteroatoms. The molecule has 3 amide bonds. The summed E-state index contributed by atoms with van der Waals surface area (Å²) in [7, 11) is 0. The highest BCUT2D eigenvalue weighted by molar-refractivity contribution is 6.34. The minimum atomic E-state index is -1.16. The maximum Gasteiger partial charge on any atom is 0.250 e. The summed E-state index contributed by atoms with van der Waals surface area (Å²) < 4.78 is 6.49. The van der Waals surface area contributed by atoms with Crippen molar-refractivity contribution in [2.75, 3.05) is 17.2 Å². The van der Waals surface area contributed by atoms with Crippen molar-refractivity contribution in [3.8, 4) is 0 Å². The summed E-state index contributed by atoms with van der Waals surface area (Å²) in [5.41, 5.74) is 0.729. The highest BCUT2D eigenvalue weighted by Gasteiger charge is 2.75. The van der Waals surface area contributed by atoms with Crippen LogP contribution in [0.4, 0.5) is 11.4 Å². The summed E-state index contributed by atoms with van der Waals surface area (Å²) in [6.07, 6.45) is 1.07. The monoisotopic (exact) mass is 539 g/mol. The molecule has 38 heavy (non-hydrogen) atoms. The number of halogens is 1. The molecule has 0 aliphatic carbocycles. The number of aliphatic hydroxyl groups is 1. The first-order valence-corrected chi connectivity index (χ1v) is 13.6. The zero-order chi connectivity index (χ0) is 27.2. The lowest BCUT2D eigenvalue weighted by Gasteiger charge is -2.37. The average Bonchev–Trinajstić information content (AvgIpc) is 3.52. The lowest BCUT2D eigenvalue weighted by Crippen LogP contribution is -2.56. The second-order valence-electron chi connectivity index (χ2n) is 11.0. The van der Waals surface area contributed by atoms with Gasteiger partial charge in [0.1, 0.15) is 11.6 Å². The highest BCUT2D eigenvalue weighted by Crippen LogP contribution is 2.59. The summed E-state index contributed by atoms with van der Waals surface area (Å²) in [6.45, 7) is 5.55. The van der Waals surface area contributed by atoms with Crippen LogP contribution in [-0.2, 0) is 19.1 Å². The van der Waals surface area contributed by atoms with Gasteiger partial charge in [0.25, 0.3) is 0 Å². The van der Waals surface area contributed by atoms with Gasteiger partial charge in [-0.05, 0) is 55.9 Å². The van der Waals surface area contributed by atoms with Gasteiger partial charge in [-0.25, -0.2) is 0 Å². The number of rotatable bonds is 8. The van der Waals surface area contributed by atoms with Crippen molar-refractivity contribution in [2.24, 2.45) is 17.8 Å². The molecule has 2 aromatic carbocycles. The molecule has 3 aliphatic heterocycles. The molecule has 202 valence electrons. The summed E-state index contributed by atoms with van der Waals surface area (Å²) in [5.74, 6) is -2.44. The van der Waals surface area contributed by atoms with Crippen molar-refractivity contribution in [3.63, 3.8) is 0 Å². The standard InChI is InChI=1S/C29H34ClN3O5/c1-16(2)14-19(15-34)33-25(27(36)32-24-17(3)8-7-11-20(24)30)29-13-12-21(38-29)22(23(29)28(33)37)26(35)31-18-9-5-4-6-10-18/h4-11,16,19,21-23,25,34H,12-15H2,1-3H3,(H,31,35)(H,32,36)/t19-,21-,22+,23+,25?,29?/m1/s1. The quantitative estimate of drug-likeness (QED) is 0.470. The van der Waals surface area contributed by atoms with Crippen LogP contribution in [0.3, 0.4) is 0 Å². The molecule has 3 fully saturated rings. The number of amides is 3. The van der Waals surface area contributed by atoms with Gasteiger partial charge in [-0.1, -0.05) is 55.8 Å². The second-order valence-corrected chi connectivity index (χ2v) is 11.5. The van der Waals surface area contributed by atoms with E-state index < -0.39 is 41.5 Å². The normalized spacial score (nSPS) is 28.5. The van der Waals surface area contributed by atoms with Crippen LogP contribution < -0.4 is 10.6 Å². The maximum atomic E-state index is 14.2. The van der Waals surface area contributed by atoms with Crippen LogP contribution >= 0.6 is 11.6 Å². The van der Waals surface area contributed by atoms with E-state index in [1.54, 1.807) is 24.3 Å². The number of likely N-dealkylation sites (tertiary alicyclic amines) is 1. The molecule has 3 heterocycles. The van der Waals surface area contributed by atoms with E-state index in [0.717, 1.165) is 5.56 Å². The average molecular weight is 540 g/mol. The number of fused-ring (bicyclic) bond motifs is 1. The van der Waals surface area contributed by atoms with Gasteiger partial charge in [0, 0.05) is 5.69 Å². The maximum absolute atomic E-state index is 14.2. The van der Waals surface area contributed by atoms with Crippen molar-refractivity contribution < 1.29 is 24.2 Å². The third-order valence-corrected chi connectivity index (χ3v) is 8.46. The van der Waals surface area contributed by atoms with Gasteiger partial charge in [-0.3, -0.25) is 14.4 Å². The Morgan fingerprint density at radius 2 is 1.87 bits per heavy atom. The molecule has 3 aliphatic rings. The Morgan fingerprint density at radius 1 is 1.13 bits per heavy atom. The topological polar surface area (TPSA) is 108 Å². The number of anilines is 2. The number of nitrogens with zero attached hydrogens (tertiary/aromatic N) is 1. The molecule has 1 spiro atoms. The molecule has 0 aromatic heterocycles. The van der Waals surface area contributed by atoms with E-state index in [4.69, 9.17) is 16.3 Å². The van der Waals surface area contributed by atoms with Crippen molar-refractivity contribution in [3.05, 3.63) is 59.1 Å². The molecule has 2 unspecified atom stereocenters. The van der Waals surface area contributed by atoms with Gasteiger partial charge in [0.2, 0.25) is 17.7 Å². The second kappa shape index (κ2) is 10.3. The highest BCUT2D eigenvalue weighted by atomic mass is 35.5. The SMILES string of the molecule is Cc1cccc(Cl)c1NC(=O)C1N([C@@H](CO)CC(C)C)C(=O)[C@@H]2[C@@H](C(=O)Nc3ccccc3)[C@H]3CCC12O3. The minimum Gasteiger partial charge on any atom is -0.394 e. The number of benzene rings is 2. The van der Waals surface area contributed by atoms with Crippen LogP contribution in [0.25, 0.3) is 0 Å². The van der Waals surface area contributed by atoms with E-state index in [9.17, 15) is 19.5 Å². The Kier molecular flexibility index (Phi) is 7.24. The third kappa shape index (κ3) is 4.38. The molecular weight excluding hydrogens is 506 g/mol. The summed E-state index contributed by atoms with van der Waals surface area (Å²) >= 11 is 6.41. The van der Waals surface area contributed by atoms with Crippen molar-refractivity contribution in [1.82, 2.24) is 4.90 Å². The first-order valence-electron chi connectivity index (χ1n) is 13.2. The van der Waals surface area contributed by atoms with Crippen LogP contribution in [0.1, 0.15) is 38.7 Å². The van der Waals surface area contributed by atoms with Crippen molar-refractivity contribution in [2.45, 2.75) is 63.8 Å². The minimum absolute atomic E-state index is 0.168. The number of ether oxygens (including phenoxy) is 1. The molecule has 0 saturated carbocycles. The van der Waals surface area contributed by atoms with Crippen LogP contribution in [0.15, 0.2) is 48.5 Å².